The predicted octanol–water partition coefficient (Wildman–Crippen LogP) is 3.90. The van der Waals surface area contributed by atoms with E-state index in [0.717, 1.165) is 15.6 Å². The second-order valence-corrected chi connectivity index (χ2v) is 6.66. The van der Waals surface area contributed by atoms with Crippen molar-refractivity contribution in [3.8, 4) is 0 Å². The third-order valence-electron chi connectivity index (χ3n) is 3.42. The van der Waals surface area contributed by atoms with E-state index >= 15 is 0 Å². The fourth-order valence-electron chi connectivity index (χ4n) is 2.30. The molecule has 6 heteroatoms. The molecule has 2 N–H and O–H groups in total. The molecule has 1 aromatic carbocycles. The highest BCUT2D eigenvalue weighted by Gasteiger charge is 2.18. The van der Waals surface area contributed by atoms with Crippen molar-refractivity contribution in [2.45, 2.75) is 13.5 Å². The average Bonchev–Trinajstić information content (AvgIpc) is 3.08. The van der Waals surface area contributed by atoms with Gasteiger partial charge in [-0.3, -0.25) is 4.79 Å². The lowest BCUT2D eigenvalue weighted by Gasteiger charge is -2.05. The van der Waals surface area contributed by atoms with Gasteiger partial charge >= 0.3 is 5.97 Å². The molecule has 0 atom stereocenters. The van der Waals surface area contributed by atoms with E-state index in [0.29, 0.717) is 11.1 Å². The van der Waals surface area contributed by atoms with Gasteiger partial charge in [-0.2, -0.15) is 11.3 Å². The first-order valence-electron chi connectivity index (χ1n) is 6.62. The molecule has 2 aromatic heterocycles. The van der Waals surface area contributed by atoms with Crippen LogP contribution in [0.2, 0.25) is 0 Å². The Labute approximate surface area is 135 Å². The molecule has 0 unspecified atom stereocenters. The Bertz CT molecular complexity index is 863. The van der Waals surface area contributed by atoms with E-state index in [9.17, 15) is 14.7 Å². The molecular weight excluding hydrogens is 318 g/mol. The maximum Gasteiger partial charge on any atom is 0.346 e. The van der Waals surface area contributed by atoms with Gasteiger partial charge in [-0.05, 0) is 29.3 Å². The van der Waals surface area contributed by atoms with Crippen LogP contribution in [0.5, 0.6) is 0 Å². The lowest BCUT2D eigenvalue weighted by molar-refractivity contribution is 0.0700. The predicted molar refractivity (Wildman–Crippen MR) is 89.0 cm³/mol. The Morgan fingerprint density at radius 1 is 1.23 bits per heavy atom. The minimum atomic E-state index is -0.961. The number of thiophene rings is 2. The van der Waals surface area contributed by atoms with Crippen molar-refractivity contribution in [2.75, 3.05) is 0 Å². The molecule has 0 aliphatic carbocycles. The number of amides is 1. The minimum absolute atomic E-state index is 0.176. The second-order valence-electron chi connectivity index (χ2n) is 4.86. The number of hydrogen-bond donors (Lipinski definition) is 2. The summed E-state index contributed by atoms with van der Waals surface area (Å²) in [6.07, 6.45) is 0. The van der Waals surface area contributed by atoms with Crippen molar-refractivity contribution in [1.29, 1.82) is 0 Å². The molecule has 0 aliphatic heterocycles. The summed E-state index contributed by atoms with van der Waals surface area (Å²) in [5.74, 6) is -1.14. The number of carbonyl (C=O) groups is 2. The highest BCUT2D eigenvalue weighted by molar-refractivity contribution is 7.21. The van der Waals surface area contributed by atoms with Gasteiger partial charge in [-0.25, -0.2) is 4.79 Å². The van der Waals surface area contributed by atoms with Gasteiger partial charge in [0.1, 0.15) is 4.88 Å². The van der Waals surface area contributed by atoms with E-state index in [2.05, 4.69) is 5.32 Å². The zero-order chi connectivity index (χ0) is 15.7. The van der Waals surface area contributed by atoms with E-state index in [1.807, 2.05) is 36.6 Å². The van der Waals surface area contributed by atoms with E-state index in [1.54, 1.807) is 5.38 Å². The number of nitrogens with one attached hydrogen (secondary N) is 1. The highest BCUT2D eigenvalue weighted by atomic mass is 32.1. The van der Waals surface area contributed by atoms with Crippen LogP contribution in [0, 0.1) is 6.92 Å². The lowest BCUT2D eigenvalue weighted by atomic mass is 10.1. The molecule has 0 aliphatic rings. The van der Waals surface area contributed by atoms with E-state index in [-0.39, 0.29) is 17.3 Å². The number of benzene rings is 1. The molecule has 0 saturated heterocycles. The third-order valence-corrected chi connectivity index (χ3v) is 5.48. The van der Waals surface area contributed by atoms with Gasteiger partial charge in [0.25, 0.3) is 5.91 Å². The maximum atomic E-state index is 12.2. The monoisotopic (exact) mass is 331 g/mol. The number of carbonyl (C=O) groups excluding carboxylic acids is 1. The highest BCUT2D eigenvalue weighted by Crippen LogP contribution is 2.31. The minimum Gasteiger partial charge on any atom is -0.477 e. The Kier molecular flexibility index (Phi) is 3.96. The van der Waals surface area contributed by atoms with Crippen LogP contribution in [0.1, 0.15) is 31.2 Å². The molecular formula is C16H13NO3S2. The van der Waals surface area contributed by atoms with Gasteiger partial charge in [0.2, 0.25) is 0 Å². The zero-order valence-electron chi connectivity index (χ0n) is 11.8. The molecule has 0 fully saturated rings. The molecule has 3 aromatic rings. The maximum absolute atomic E-state index is 12.2. The van der Waals surface area contributed by atoms with E-state index in [1.165, 1.54) is 22.7 Å². The number of aromatic carboxylic acids is 1. The quantitative estimate of drug-likeness (QED) is 0.762. The van der Waals surface area contributed by atoms with Gasteiger partial charge in [-0.1, -0.05) is 18.2 Å². The first-order chi connectivity index (χ1) is 10.6. The summed E-state index contributed by atoms with van der Waals surface area (Å²) in [5.41, 5.74) is 2.23. The second kappa shape index (κ2) is 5.90. The Balaban J connectivity index is 1.90. The van der Waals surface area contributed by atoms with Crippen molar-refractivity contribution in [2.24, 2.45) is 0 Å². The fourth-order valence-corrected chi connectivity index (χ4v) is 4.19. The van der Waals surface area contributed by atoms with Gasteiger partial charge in [0, 0.05) is 22.2 Å². The summed E-state index contributed by atoms with van der Waals surface area (Å²) in [6, 6.07) is 7.52. The Morgan fingerprint density at radius 2 is 2.00 bits per heavy atom. The van der Waals surface area contributed by atoms with Crippen LogP contribution in [-0.4, -0.2) is 17.0 Å². The van der Waals surface area contributed by atoms with Crippen LogP contribution in [0.4, 0.5) is 0 Å². The molecule has 0 radical (unpaired) electrons. The topological polar surface area (TPSA) is 66.4 Å². The average molecular weight is 331 g/mol. The zero-order valence-corrected chi connectivity index (χ0v) is 13.4. The van der Waals surface area contributed by atoms with E-state index in [4.69, 9.17) is 0 Å². The first-order valence-corrected chi connectivity index (χ1v) is 8.38. The van der Waals surface area contributed by atoms with Crippen LogP contribution in [0.15, 0.2) is 35.0 Å². The largest absolute Gasteiger partial charge is 0.477 e. The molecule has 1 amide bonds. The van der Waals surface area contributed by atoms with Gasteiger partial charge in [0.05, 0.1) is 5.56 Å². The van der Waals surface area contributed by atoms with Crippen LogP contribution in [-0.2, 0) is 6.54 Å². The molecule has 112 valence electrons. The molecule has 2 heterocycles. The number of rotatable bonds is 4. The standard InChI is InChI=1S/C16H13NO3S2/c1-9-7-21-8-12(9)15(18)17-6-11-10-4-2-3-5-13(10)22-14(11)16(19)20/h2-5,7-8H,6H2,1H3,(H,17,18)(H,19,20). The van der Waals surface area contributed by atoms with Gasteiger partial charge in [0.15, 0.2) is 0 Å². The Hall–Kier alpha value is -2.18. The number of carboxylic acids is 1. The van der Waals surface area contributed by atoms with Gasteiger partial charge < -0.3 is 10.4 Å². The summed E-state index contributed by atoms with van der Waals surface area (Å²) < 4.78 is 0.913. The van der Waals surface area contributed by atoms with Crippen LogP contribution in [0.25, 0.3) is 10.1 Å². The van der Waals surface area contributed by atoms with Crippen LogP contribution < -0.4 is 5.32 Å². The molecule has 22 heavy (non-hydrogen) atoms. The van der Waals surface area contributed by atoms with E-state index < -0.39 is 5.97 Å². The SMILES string of the molecule is Cc1cscc1C(=O)NCc1c(C(=O)O)sc2ccccc12. The molecule has 4 nitrogen and oxygen atoms in total. The van der Waals surface area contributed by atoms with Crippen molar-refractivity contribution >= 4 is 44.6 Å². The fraction of sp³-hybridized carbons (Fsp3) is 0.125. The molecule has 0 bridgehead atoms. The Morgan fingerprint density at radius 3 is 2.68 bits per heavy atom. The summed E-state index contributed by atoms with van der Waals surface area (Å²) >= 11 is 2.71. The normalized spacial score (nSPS) is 10.8. The summed E-state index contributed by atoms with van der Waals surface area (Å²) in [7, 11) is 0. The number of hydrogen-bond acceptors (Lipinski definition) is 4. The molecule has 0 spiro atoms. The third kappa shape index (κ3) is 2.63. The van der Waals surface area contributed by atoms with Crippen molar-refractivity contribution in [1.82, 2.24) is 5.32 Å². The lowest BCUT2D eigenvalue weighted by Crippen LogP contribution is -2.23. The molecule has 0 saturated carbocycles. The van der Waals surface area contributed by atoms with Crippen molar-refractivity contribution in [3.63, 3.8) is 0 Å². The van der Waals surface area contributed by atoms with Crippen molar-refractivity contribution < 1.29 is 14.7 Å². The molecule has 3 rings (SSSR count). The van der Waals surface area contributed by atoms with Gasteiger partial charge in [-0.15, -0.1) is 11.3 Å². The van der Waals surface area contributed by atoms with Crippen molar-refractivity contribution in [3.05, 3.63) is 56.6 Å². The summed E-state index contributed by atoms with van der Waals surface area (Å²) in [4.78, 5) is 23.9. The first kappa shape index (κ1) is 14.7. The van der Waals surface area contributed by atoms with Crippen LogP contribution >= 0.6 is 22.7 Å². The summed E-state index contributed by atoms with van der Waals surface area (Å²) in [6.45, 7) is 2.09. The smallest absolute Gasteiger partial charge is 0.346 e. The summed E-state index contributed by atoms with van der Waals surface area (Å²) in [5, 5.41) is 16.8. The number of carboxylic acid groups (broad SMARTS) is 1. The van der Waals surface area contributed by atoms with Crippen LogP contribution in [0.3, 0.4) is 0 Å². The number of fused-ring (bicyclic) bond motifs is 1. The number of aryl methyl sites for hydroxylation is 1.